The number of hydrogen-bond acceptors (Lipinski definition) is 4. The number of ether oxygens (including phenoxy) is 1. The highest BCUT2D eigenvalue weighted by atomic mass is 16.5. The van der Waals surface area contributed by atoms with E-state index in [0.717, 1.165) is 16.7 Å². The number of benzene rings is 1. The van der Waals surface area contributed by atoms with Gasteiger partial charge in [-0.25, -0.2) is 0 Å². The summed E-state index contributed by atoms with van der Waals surface area (Å²) in [5.41, 5.74) is 13.4. The summed E-state index contributed by atoms with van der Waals surface area (Å²) in [7, 11) is 0. The molecule has 0 saturated carbocycles. The van der Waals surface area contributed by atoms with Gasteiger partial charge >= 0.3 is 0 Å². The van der Waals surface area contributed by atoms with Gasteiger partial charge in [-0.2, -0.15) is 0 Å². The van der Waals surface area contributed by atoms with Crippen molar-refractivity contribution in [2.75, 3.05) is 18.1 Å². The summed E-state index contributed by atoms with van der Waals surface area (Å²) in [6.45, 7) is 2.56. The normalized spacial score (nSPS) is 10.5. The summed E-state index contributed by atoms with van der Waals surface area (Å²) in [5.74, 6) is 0.782. The number of pyridine rings is 1. The van der Waals surface area contributed by atoms with Crippen molar-refractivity contribution >= 4 is 22.3 Å². The van der Waals surface area contributed by atoms with E-state index in [9.17, 15) is 0 Å². The molecule has 0 unspecified atom stereocenters. The van der Waals surface area contributed by atoms with Gasteiger partial charge in [-0.15, -0.1) is 0 Å². The summed E-state index contributed by atoms with van der Waals surface area (Å²) < 4.78 is 5.38. The van der Waals surface area contributed by atoms with E-state index in [1.54, 1.807) is 6.20 Å². The largest absolute Gasteiger partial charge is 0.494 e. The van der Waals surface area contributed by atoms with Crippen LogP contribution in [0, 0.1) is 0 Å². The van der Waals surface area contributed by atoms with Gasteiger partial charge in [-0.05, 0) is 25.1 Å². The van der Waals surface area contributed by atoms with Gasteiger partial charge in [0.15, 0.2) is 0 Å². The van der Waals surface area contributed by atoms with E-state index in [2.05, 4.69) is 4.98 Å². The second-order valence-corrected chi connectivity index (χ2v) is 3.24. The van der Waals surface area contributed by atoms with Crippen LogP contribution in [0.2, 0.25) is 0 Å². The molecule has 1 heterocycles. The Bertz CT molecular complexity index is 496. The molecule has 1 aromatic carbocycles. The molecular weight excluding hydrogens is 190 g/mol. The van der Waals surface area contributed by atoms with E-state index in [1.807, 2.05) is 25.1 Å². The molecule has 0 atom stereocenters. The highest BCUT2D eigenvalue weighted by molar-refractivity contribution is 5.96. The molecule has 4 heteroatoms. The van der Waals surface area contributed by atoms with Crippen LogP contribution in [0.5, 0.6) is 5.75 Å². The lowest BCUT2D eigenvalue weighted by atomic mass is 10.1. The standard InChI is InChI=1S/C11H13N3O/c1-2-15-7-3-4-10-8(5-7)11(13)9(12)6-14-10/h3-6H,2,12H2,1H3,(H2,13,14). The van der Waals surface area contributed by atoms with Crippen molar-refractivity contribution in [3.05, 3.63) is 24.4 Å². The number of nitrogens with two attached hydrogens (primary N) is 2. The fourth-order valence-electron chi connectivity index (χ4n) is 1.46. The lowest BCUT2D eigenvalue weighted by Crippen LogP contribution is -1.98. The SMILES string of the molecule is CCOc1ccc2ncc(N)c(N)c2c1. The Hall–Kier alpha value is -1.97. The molecule has 0 spiro atoms. The number of rotatable bonds is 2. The molecule has 0 radical (unpaired) electrons. The summed E-state index contributed by atoms with van der Waals surface area (Å²) in [5, 5.41) is 0.834. The van der Waals surface area contributed by atoms with Crippen molar-refractivity contribution in [2.24, 2.45) is 0 Å². The van der Waals surface area contributed by atoms with Crippen LogP contribution >= 0.6 is 0 Å². The summed E-state index contributed by atoms with van der Waals surface area (Å²) in [6.07, 6.45) is 1.57. The number of fused-ring (bicyclic) bond motifs is 1. The van der Waals surface area contributed by atoms with E-state index in [4.69, 9.17) is 16.2 Å². The van der Waals surface area contributed by atoms with Gasteiger partial charge in [-0.1, -0.05) is 0 Å². The van der Waals surface area contributed by atoms with Crippen LogP contribution in [0.25, 0.3) is 10.9 Å². The quantitative estimate of drug-likeness (QED) is 0.780. The molecule has 0 fully saturated rings. The Morgan fingerprint density at radius 1 is 1.33 bits per heavy atom. The van der Waals surface area contributed by atoms with Crippen molar-refractivity contribution < 1.29 is 4.74 Å². The second kappa shape index (κ2) is 3.65. The lowest BCUT2D eigenvalue weighted by molar-refractivity contribution is 0.341. The third-order valence-electron chi connectivity index (χ3n) is 2.22. The molecule has 78 valence electrons. The van der Waals surface area contributed by atoms with Crippen molar-refractivity contribution in [3.8, 4) is 5.75 Å². The summed E-state index contributed by atoms with van der Waals surface area (Å²) in [4.78, 5) is 4.18. The van der Waals surface area contributed by atoms with Crippen LogP contribution in [0.4, 0.5) is 11.4 Å². The minimum absolute atomic E-state index is 0.496. The number of nitrogen functional groups attached to an aromatic ring is 2. The highest BCUT2D eigenvalue weighted by Crippen LogP contribution is 2.27. The van der Waals surface area contributed by atoms with E-state index < -0.39 is 0 Å². The smallest absolute Gasteiger partial charge is 0.120 e. The summed E-state index contributed by atoms with van der Waals surface area (Å²) in [6, 6.07) is 5.60. The van der Waals surface area contributed by atoms with E-state index in [0.29, 0.717) is 18.0 Å². The number of anilines is 2. The van der Waals surface area contributed by atoms with Crippen molar-refractivity contribution in [3.63, 3.8) is 0 Å². The van der Waals surface area contributed by atoms with Crippen LogP contribution in [-0.4, -0.2) is 11.6 Å². The molecule has 15 heavy (non-hydrogen) atoms. The molecular formula is C11H13N3O. The molecule has 0 aliphatic rings. The first-order valence-electron chi connectivity index (χ1n) is 4.79. The zero-order valence-corrected chi connectivity index (χ0v) is 8.53. The number of hydrogen-bond donors (Lipinski definition) is 2. The average molecular weight is 203 g/mol. The number of aromatic nitrogens is 1. The van der Waals surface area contributed by atoms with Gasteiger partial charge in [0.2, 0.25) is 0 Å². The zero-order chi connectivity index (χ0) is 10.8. The van der Waals surface area contributed by atoms with Gasteiger partial charge in [0.25, 0.3) is 0 Å². The predicted molar refractivity (Wildman–Crippen MR) is 61.7 cm³/mol. The average Bonchev–Trinajstić information content (AvgIpc) is 2.25. The lowest BCUT2D eigenvalue weighted by Gasteiger charge is -2.07. The fourth-order valence-corrected chi connectivity index (χ4v) is 1.46. The molecule has 0 bridgehead atoms. The van der Waals surface area contributed by atoms with Gasteiger partial charge in [0.1, 0.15) is 5.75 Å². The van der Waals surface area contributed by atoms with Crippen molar-refractivity contribution in [1.29, 1.82) is 0 Å². The van der Waals surface area contributed by atoms with Crippen LogP contribution < -0.4 is 16.2 Å². The molecule has 4 nitrogen and oxygen atoms in total. The Balaban J connectivity index is 2.63. The maximum Gasteiger partial charge on any atom is 0.120 e. The van der Waals surface area contributed by atoms with Gasteiger partial charge in [-0.3, -0.25) is 4.98 Å². The third kappa shape index (κ3) is 1.66. The maximum atomic E-state index is 5.86. The number of nitrogens with zero attached hydrogens (tertiary/aromatic N) is 1. The second-order valence-electron chi connectivity index (χ2n) is 3.24. The van der Waals surface area contributed by atoms with Crippen LogP contribution in [0.1, 0.15) is 6.92 Å². The zero-order valence-electron chi connectivity index (χ0n) is 8.53. The fraction of sp³-hybridized carbons (Fsp3) is 0.182. The molecule has 0 aliphatic carbocycles. The molecule has 2 rings (SSSR count). The Labute approximate surface area is 87.9 Å². The molecule has 0 aliphatic heterocycles. The Morgan fingerprint density at radius 2 is 2.13 bits per heavy atom. The van der Waals surface area contributed by atoms with Crippen molar-refractivity contribution in [1.82, 2.24) is 4.98 Å². The Morgan fingerprint density at radius 3 is 2.87 bits per heavy atom. The molecule has 4 N–H and O–H groups in total. The van der Waals surface area contributed by atoms with Gasteiger partial charge in [0.05, 0.1) is 29.7 Å². The van der Waals surface area contributed by atoms with Gasteiger partial charge in [0, 0.05) is 5.39 Å². The molecule has 0 amide bonds. The first-order valence-corrected chi connectivity index (χ1v) is 4.79. The topological polar surface area (TPSA) is 74.2 Å². The first kappa shape index (κ1) is 9.58. The van der Waals surface area contributed by atoms with Crippen LogP contribution in [0.15, 0.2) is 24.4 Å². The molecule has 0 saturated heterocycles. The maximum absolute atomic E-state index is 5.86. The van der Waals surface area contributed by atoms with E-state index in [-0.39, 0.29) is 0 Å². The Kier molecular flexibility index (Phi) is 2.33. The minimum atomic E-state index is 0.496. The monoisotopic (exact) mass is 203 g/mol. The van der Waals surface area contributed by atoms with Crippen LogP contribution in [0.3, 0.4) is 0 Å². The minimum Gasteiger partial charge on any atom is -0.494 e. The predicted octanol–water partition coefficient (Wildman–Crippen LogP) is 1.80. The highest BCUT2D eigenvalue weighted by Gasteiger charge is 2.04. The van der Waals surface area contributed by atoms with Gasteiger partial charge < -0.3 is 16.2 Å². The molecule has 1 aromatic heterocycles. The third-order valence-corrected chi connectivity index (χ3v) is 2.22. The van der Waals surface area contributed by atoms with Crippen molar-refractivity contribution in [2.45, 2.75) is 6.92 Å². The van der Waals surface area contributed by atoms with E-state index in [1.165, 1.54) is 0 Å². The summed E-state index contributed by atoms with van der Waals surface area (Å²) >= 11 is 0. The van der Waals surface area contributed by atoms with E-state index >= 15 is 0 Å². The molecule has 2 aromatic rings. The first-order chi connectivity index (χ1) is 7.22. The van der Waals surface area contributed by atoms with Crippen LogP contribution in [-0.2, 0) is 0 Å².